The van der Waals surface area contributed by atoms with E-state index >= 15 is 0 Å². The van der Waals surface area contributed by atoms with Gasteiger partial charge in [-0.3, -0.25) is 4.79 Å². The lowest BCUT2D eigenvalue weighted by Gasteiger charge is -2.09. The van der Waals surface area contributed by atoms with Crippen molar-refractivity contribution < 1.29 is 9.18 Å². The molecular formula is C13H9FN4OS. The number of carbonyl (C=O) groups excluding carboxylic acids is 1. The Hall–Kier alpha value is -2.54. The van der Waals surface area contributed by atoms with E-state index in [0.717, 1.165) is 28.2 Å². The Morgan fingerprint density at radius 3 is 2.95 bits per heavy atom. The highest BCUT2D eigenvalue weighted by atomic mass is 32.1. The third-order valence-corrected chi connectivity index (χ3v) is 3.51. The Bertz CT molecular complexity index is 802. The maximum absolute atomic E-state index is 13.1. The van der Waals surface area contributed by atoms with Crippen LogP contribution in [0, 0.1) is 5.82 Å². The van der Waals surface area contributed by atoms with Crippen molar-refractivity contribution in [2.75, 3.05) is 5.32 Å². The van der Waals surface area contributed by atoms with Gasteiger partial charge in [-0.25, -0.2) is 14.4 Å². The number of pyridine rings is 1. The summed E-state index contributed by atoms with van der Waals surface area (Å²) in [6, 6.07) is 6.59. The van der Waals surface area contributed by atoms with Crippen LogP contribution >= 0.6 is 11.3 Å². The van der Waals surface area contributed by atoms with Crippen molar-refractivity contribution in [3.63, 3.8) is 0 Å². The zero-order chi connectivity index (χ0) is 14.1. The molecule has 0 saturated carbocycles. The summed E-state index contributed by atoms with van der Waals surface area (Å²) in [6.07, 6.45) is 1.03. The molecule has 5 nitrogen and oxygen atoms in total. The highest BCUT2D eigenvalue weighted by molar-refractivity contribution is 7.16. The molecule has 1 aromatic carbocycles. The number of carbonyl (C=O) groups is 1. The summed E-state index contributed by atoms with van der Waals surface area (Å²) in [7, 11) is 0. The summed E-state index contributed by atoms with van der Waals surface area (Å²) in [5.74, 6) is -1.12. The van der Waals surface area contributed by atoms with Crippen molar-refractivity contribution in [2.24, 2.45) is 5.73 Å². The predicted molar refractivity (Wildman–Crippen MR) is 75.6 cm³/mol. The van der Waals surface area contributed by atoms with Gasteiger partial charge in [0.15, 0.2) is 0 Å². The normalized spacial score (nSPS) is 10.7. The smallest absolute Gasteiger partial charge is 0.252 e. The SMILES string of the molecule is NC(=O)c1cc(F)cnc1Nc1ccc2ncsc2c1. The van der Waals surface area contributed by atoms with Crippen LogP contribution in [0.15, 0.2) is 36.0 Å². The van der Waals surface area contributed by atoms with Crippen LogP contribution in [0.5, 0.6) is 0 Å². The lowest BCUT2D eigenvalue weighted by atomic mass is 10.2. The van der Waals surface area contributed by atoms with Crippen LogP contribution in [0.4, 0.5) is 15.9 Å². The molecule has 0 fully saturated rings. The Morgan fingerprint density at radius 1 is 1.30 bits per heavy atom. The molecule has 20 heavy (non-hydrogen) atoms. The first-order valence-electron chi connectivity index (χ1n) is 5.69. The van der Waals surface area contributed by atoms with E-state index in [2.05, 4.69) is 15.3 Å². The van der Waals surface area contributed by atoms with Gasteiger partial charge in [-0.1, -0.05) is 0 Å². The van der Waals surface area contributed by atoms with Gasteiger partial charge in [0, 0.05) is 5.69 Å². The van der Waals surface area contributed by atoms with Gasteiger partial charge in [0.2, 0.25) is 0 Å². The molecule has 0 unspecified atom stereocenters. The van der Waals surface area contributed by atoms with E-state index in [9.17, 15) is 9.18 Å². The summed E-state index contributed by atoms with van der Waals surface area (Å²) in [6.45, 7) is 0. The molecule has 0 bridgehead atoms. The fourth-order valence-electron chi connectivity index (χ4n) is 1.80. The number of nitrogens with zero attached hydrogens (tertiary/aromatic N) is 2. The van der Waals surface area contributed by atoms with Gasteiger partial charge < -0.3 is 11.1 Å². The number of amides is 1. The number of rotatable bonds is 3. The van der Waals surface area contributed by atoms with Gasteiger partial charge in [0.25, 0.3) is 5.91 Å². The molecule has 3 aromatic rings. The van der Waals surface area contributed by atoms with Gasteiger partial charge in [-0.2, -0.15) is 0 Å². The van der Waals surface area contributed by atoms with Crippen LogP contribution in [0.1, 0.15) is 10.4 Å². The number of nitrogens with one attached hydrogen (secondary N) is 1. The van der Waals surface area contributed by atoms with Crippen LogP contribution in [0.25, 0.3) is 10.2 Å². The molecular weight excluding hydrogens is 279 g/mol. The van der Waals surface area contributed by atoms with Gasteiger partial charge in [0.1, 0.15) is 11.6 Å². The number of nitrogens with two attached hydrogens (primary N) is 1. The summed E-state index contributed by atoms with van der Waals surface area (Å²) >= 11 is 1.50. The van der Waals surface area contributed by atoms with Crippen molar-refractivity contribution in [1.29, 1.82) is 0 Å². The minimum absolute atomic E-state index is 0.00871. The van der Waals surface area contributed by atoms with Crippen LogP contribution in [-0.2, 0) is 0 Å². The third kappa shape index (κ3) is 2.30. The monoisotopic (exact) mass is 288 g/mol. The molecule has 0 radical (unpaired) electrons. The molecule has 0 saturated heterocycles. The van der Waals surface area contributed by atoms with Crippen molar-refractivity contribution >= 4 is 39.0 Å². The number of hydrogen-bond donors (Lipinski definition) is 2. The number of primary amides is 1. The van der Waals surface area contributed by atoms with E-state index in [-0.39, 0.29) is 11.4 Å². The lowest BCUT2D eigenvalue weighted by molar-refractivity contribution is 0.100. The second-order valence-electron chi connectivity index (χ2n) is 4.07. The van der Waals surface area contributed by atoms with Crippen molar-refractivity contribution in [3.05, 3.63) is 47.4 Å². The second-order valence-corrected chi connectivity index (χ2v) is 4.96. The van der Waals surface area contributed by atoms with Gasteiger partial charge in [-0.05, 0) is 24.3 Å². The fraction of sp³-hybridized carbons (Fsp3) is 0. The summed E-state index contributed by atoms with van der Waals surface area (Å²) < 4.78 is 14.1. The van der Waals surface area contributed by atoms with E-state index < -0.39 is 11.7 Å². The molecule has 2 aromatic heterocycles. The molecule has 2 heterocycles. The minimum atomic E-state index is -0.738. The van der Waals surface area contributed by atoms with Gasteiger partial charge in [-0.15, -0.1) is 11.3 Å². The second kappa shape index (κ2) is 4.86. The largest absolute Gasteiger partial charge is 0.365 e. The Kier molecular flexibility index (Phi) is 3.03. The van der Waals surface area contributed by atoms with Crippen molar-refractivity contribution in [2.45, 2.75) is 0 Å². The molecule has 0 aliphatic rings. The maximum atomic E-state index is 13.1. The molecule has 3 rings (SSSR count). The molecule has 1 amide bonds. The average Bonchev–Trinajstić information content (AvgIpc) is 2.88. The van der Waals surface area contributed by atoms with Crippen molar-refractivity contribution in [3.8, 4) is 0 Å². The summed E-state index contributed by atoms with van der Waals surface area (Å²) in [5.41, 5.74) is 8.59. The van der Waals surface area contributed by atoms with E-state index in [4.69, 9.17) is 5.73 Å². The number of benzene rings is 1. The molecule has 7 heteroatoms. The third-order valence-electron chi connectivity index (χ3n) is 2.71. The van der Waals surface area contributed by atoms with Crippen LogP contribution in [0.3, 0.4) is 0 Å². The zero-order valence-electron chi connectivity index (χ0n) is 10.1. The van der Waals surface area contributed by atoms with Crippen LogP contribution in [0.2, 0.25) is 0 Å². The zero-order valence-corrected chi connectivity index (χ0v) is 10.9. The lowest BCUT2D eigenvalue weighted by Crippen LogP contribution is -2.14. The number of fused-ring (bicyclic) bond motifs is 1. The standard InChI is InChI=1S/C13H9FN4OS/c14-7-3-9(12(15)19)13(16-5-7)18-8-1-2-10-11(4-8)20-6-17-10/h1-6H,(H2,15,19)(H,16,18). The quantitative estimate of drug-likeness (QED) is 0.776. The van der Waals surface area contributed by atoms with E-state index in [1.54, 1.807) is 11.6 Å². The predicted octanol–water partition coefficient (Wildman–Crippen LogP) is 2.67. The first-order chi connectivity index (χ1) is 9.63. The van der Waals surface area contributed by atoms with Crippen LogP contribution < -0.4 is 11.1 Å². The molecule has 100 valence electrons. The number of hydrogen-bond acceptors (Lipinski definition) is 5. The first-order valence-corrected chi connectivity index (χ1v) is 6.57. The Balaban J connectivity index is 1.99. The molecule has 3 N–H and O–H groups in total. The number of aromatic nitrogens is 2. The van der Waals surface area contributed by atoms with E-state index in [0.29, 0.717) is 0 Å². The maximum Gasteiger partial charge on any atom is 0.252 e. The molecule has 0 aliphatic carbocycles. The average molecular weight is 288 g/mol. The van der Waals surface area contributed by atoms with E-state index in [1.165, 1.54) is 11.3 Å². The summed E-state index contributed by atoms with van der Waals surface area (Å²) in [4.78, 5) is 19.3. The number of thiazole rings is 1. The number of anilines is 2. The Labute approximate surface area is 117 Å². The minimum Gasteiger partial charge on any atom is -0.365 e. The topological polar surface area (TPSA) is 80.9 Å². The molecule has 0 atom stereocenters. The highest BCUT2D eigenvalue weighted by Crippen LogP contribution is 2.25. The Morgan fingerprint density at radius 2 is 2.15 bits per heavy atom. The first kappa shape index (κ1) is 12.5. The molecule has 0 spiro atoms. The van der Waals surface area contributed by atoms with Gasteiger partial charge in [0.05, 0.1) is 27.5 Å². The molecule has 0 aliphatic heterocycles. The van der Waals surface area contributed by atoms with Crippen LogP contribution in [-0.4, -0.2) is 15.9 Å². The van der Waals surface area contributed by atoms with Gasteiger partial charge >= 0.3 is 0 Å². The highest BCUT2D eigenvalue weighted by Gasteiger charge is 2.11. The van der Waals surface area contributed by atoms with E-state index in [1.807, 2.05) is 12.1 Å². The summed E-state index contributed by atoms with van der Waals surface area (Å²) in [5, 5.41) is 2.96. The fourth-order valence-corrected chi connectivity index (χ4v) is 2.51. The number of halogens is 1. The van der Waals surface area contributed by atoms with Crippen molar-refractivity contribution in [1.82, 2.24) is 9.97 Å².